The number of amides is 1. The first kappa shape index (κ1) is 13.1. The number of nitrogen functional groups attached to an aromatic ring is 1. The van der Waals surface area contributed by atoms with Crippen LogP contribution in [0.5, 0.6) is 0 Å². The van der Waals surface area contributed by atoms with E-state index in [0.29, 0.717) is 30.3 Å². The smallest absolute Gasteiger partial charge is 0.266 e. The van der Waals surface area contributed by atoms with Gasteiger partial charge in [0.25, 0.3) is 5.91 Å². The number of rotatable bonds is 2. The van der Waals surface area contributed by atoms with Crippen molar-refractivity contribution in [1.82, 2.24) is 4.90 Å². The standard InChI is InChI=1S/C15H16N2O2S/c16-12-6-9-20-14(12)15(18)17-7-8-19-13(10-17)11-4-2-1-3-5-11/h1-6,9,13H,7-8,10,16H2. The number of nitrogens with two attached hydrogens (primary N) is 1. The zero-order chi connectivity index (χ0) is 13.9. The topological polar surface area (TPSA) is 55.6 Å². The molecule has 20 heavy (non-hydrogen) atoms. The Morgan fingerprint density at radius 3 is 2.80 bits per heavy atom. The van der Waals surface area contributed by atoms with Crippen LogP contribution in [-0.2, 0) is 4.74 Å². The predicted molar refractivity (Wildman–Crippen MR) is 79.8 cm³/mol. The third-order valence-corrected chi connectivity index (χ3v) is 4.33. The summed E-state index contributed by atoms with van der Waals surface area (Å²) in [5.41, 5.74) is 7.48. The van der Waals surface area contributed by atoms with E-state index in [1.807, 2.05) is 40.6 Å². The van der Waals surface area contributed by atoms with Crippen LogP contribution in [0.1, 0.15) is 21.3 Å². The van der Waals surface area contributed by atoms with Crippen LogP contribution < -0.4 is 5.73 Å². The lowest BCUT2D eigenvalue weighted by atomic mass is 10.1. The minimum absolute atomic E-state index is 0.00160. The van der Waals surface area contributed by atoms with Crippen LogP contribution in [0, 0.1) is 0 Å². The minimum Gasteiger partial charge on any atom is -0.397 e. The molecule has 0 aliphatic carbocycles. The number of anilines is 1. The first-order valence-electron chi connectivity index (χ1n) is 6.54. The number of hydrogen-bond acceptors (Lipinski definition) is 4. The molecule has 1 aliphatic rings. The second-order valence-electron chi connectivity index (χ2n) is 4.73. The molecular formula is C15H16N2O2S. The van der Waals surface area contributed by atoms with Crippen LogP contribution in [0.4, 0.5) is 5.69 Å². The van der Waals surface area contributed by atoms with Crippen molar-refractivity contribution in [3.05, 3.63) is 52.2 Å². The molecule has 4 nitrogen and oxygen atoms in total. The Kier molecular flexibility index (Phi) is 3.71. The van der Waals surface area contributed by atoms with Crippen molar-refractivity contribution in [2.24, 2.45) is 0 Å². The molecule has 2 aromatic rings. The highest BCUT2D eigenvalue weighted by atomic mass is 32.1. The number of ether oxygens (including phenoxy) is 1. The van der Waals surface area contributed by atoms with E-state index in [9.17, 15) is 4.79 Å². The summed E-state index contributed by atoms with van der Waals surface area (Å²) >= 11 is 1.39. The van der Waals surface area contributed by atoms with Gasteiger partial charge < -0.3 is 15.4 Å². The highest BCUT2D eigenvalue weighted by Gasteiger charge is 2.27. The van der Waals surface area contributed by atoms with Gasteiger partial charge >= 0.3 is 0 Å². The molecule has 0 radical (unpaired) electrons. The number of benzene rings is 1. The third kappa shape index (κ3) is 2.55. The van der Waals surface area contributed by atoms with Crippen molar-refractivity contribution in [2.75, 3.05) is 25.4 Å². The SMILES string of the molecule is Nc1ccsc1C(=O)N1CCOC(c2ccccc2)C1. The monoisotopic (exact) mass is 288 g/mol. The van der Waals surface area contributed by atoms with Crippen LogP contribution in [0.25, 0.3) is 0 Å². The largest absolute Gasteiger partial charge is 0.397 e. The van der Waals surface area contributed by atoms with Crippen molar-refractivity contribution in [1.29, 1.82) is 0 Å². The van der Waals surface area contributed by atoms with Gasteiger partial charge in [-0.2, -0.15) is 0 Å². The fourth-order valence-corrected chi connectivity index (χ4v) is 3.12. The summed E-state index contributed by atoms with van der Waals surface area (Å²) in [5, 5.41) is 1.84. The normalized spacial score (nSPS) is 19.0. The molecule has 1 saturated heterocycles. The van der Waals surface area contributed by atoms with Crippen LogP contribution in [0.15, 0.2) is 41.8 Å². The molecule has 0 spiro atoms. The molecule has 0 saturated carbocycles. The maximum atomic E-state index is 12.5. The van der Waals surface area contributed by atoms with Crippen LogP contribution in [0.2, 0.25) is 0 Å². The van der Waals surface area contributed by atoms with E-state index in [4.69, 9.17) is 10.5 Å². The first-order valence-corrected chi connectivity index (χ1v) is 7.42. The highest BCUT2D eigenvalue weighted by Crippen LogP contribution is 2.26. The molecule has 1 aliphatic heterocycles. The van der Waals surface area contributed by atoms with E-state index in [0.717, 1.165) is 5.56 Å². The van der Waals surface area contributed by atoms with E-state index in [1.165, 1.54) is 11.3 Å². The lowest BCUT2D eigenvalue weighted by Crippen LogP contribution is -2.42. The van der Waals surface area contributed by atoms with Crippen molar-refractivity contribution in [3.8, 4) is 0 Å². The molecule has 104 valence electrons. The summed E-state index contributed by atoms with van der Waals surface area (Å²) in [7, 11) is 0. The second-order valence-corrected chi connectivity index (χ2v) is 5.64. The number of carbonyl (C=O) groups is 1. The molecule has 1 unspecified atom stereocenters. The zero-order valence-corrected chi connectivity index (χ0v) is 11.8. The van der Waals surface area contributed by atoms with E-state index in [1.54, 1.807) is 6.07 Å². The molecule has 0 bridgehead atoms. The Morgan fingerprint density at radius 2 is 2.10 bits per heavy atom. The van der Waals surface area contributed by atoms with Crippen molar-refractivity contribution in [2.45, 2.75) is 6.10 Å². The summed E-state index contributed by atoms with van der Waals surface area (Å²) in [5.74, 6) is 0.00160. The molecule has 1 amide bonds. The van der Waals surface area contributed by atoms with Crippen LogP contribution >= 0.6 is 11.3 Å². The van der Waals surface area contributed by atoms with Gasteiger partial charge in [0.1, 0.15) is 11.0 Å². The number of nitrogens with zero attached hydrogens (tertiary/aromatic N) is 1. The fraction of sp³-hybridized carbons (Fsp3) is 0.267. The Bertz CT molecular complexity index is 597. The Morgan fingerprint density at radius 1 is 1.30 bits per heavy atom. The van der Waals surface area contributed by atoms with Gasteiger partial charge in [-0.25, -0.2) is 0 Å². The van der Waals surface area contributed by atoms with Gasteiger partial charge in [-0.15, -0.1) is 11.3 Å². The second kappa shape index (κ2) is 5.64. The number of hydrogen-bond donors (Lipinski definition) is 1. The van der Waals surface area contributed by atoms with Crippen LogP contribution in [0.3, 0.4) is 0 Å². The van der Waals surface area contributed by atoms with Crippen molar-refractivity contribution < 1.29 is 9.53 Å². The lowest BCUT2D eigenvalue weighted by Gasteiger charge is -2.33. The van der Waals surface area contributed by atoms with Crippen molar-refractivity contribution >= 4 is 22.9 Å². The predicted octanol–water partition coefficient (Wildman–Crippen LogP) is 2.54. The Balaban J connectivity index is 1.76. The minimum atomic E-state index is -0.0601. The Hall–Kier alpha value is -1.85. The van der Waals surface area contributed by atoms with Gasteiger partial charge in [-0.05, 0) is 17.0 Å². The quantitative estimate of drug-likeness (QED) is 0.924. The maximum absolute atomic E-state index is 12.5. The molecule has 1 aromatic heterocycles. The number of carbonyl (C=O) groups excluding carboxylic acids is 1. The molecule has 1 fully saturated rings. The molecule has 1 atom stereocenters. The molecule has 2 heterocycles. The lowest BCUT2D eigenvalue weighted by molar-refractivity contribution is -0.0226. The highest BCUT2D eigenvalue weighted by molar-refractivity contribution is 7.12. The van der Waals surface area contributed by atoms with Crippen LogP contribution in [-0.4, -0.2) is 30.5 Å². The summed E-state index contributed by atoms with van der Waals surface area (Å²) in [4.78, 5) is 14.9. The van der Waals surface area contributed by atoms with E-state index in [2.05, 4.69) is 0 Å². The summed E-state index contributed by atoms with van der Waals surface area (Å²) in [6, 6.07) is 11.8. The first-order chi connectivity index (χ1) is 9.75. The Labute approximate surface area is 121 Å². The van der Waals surface area contributed by atoms with Gasteiger partial charge in [0.2, 0.25) is 0 Å². The third-order valence-electron chi connectivity index (χ3n) is 3.41. The molecule has 3 rings (SSSR count). The summed E-state index contributed by atoms with van der Waals surface area (Å²) in [6.07, 6.45) is -0.0601. The van der Waals surface area contributed by atoms with E-state index >= 15 is 0 Å². The zero-order valence-electron chi connectivity index (χ0n) is 11.0. The average molecular weight is 288 g/mol. The average Bonchev–Trinajstić information content (AvgIpc) is 2.94. The van der Waals surface area contributed by atoms with Gasteiger partial charge in [-0.3, -0.25) is 4.79 Å². The van der Waals surface area contributed by atoms with Gasteiger partial charge in [0.15, 0.2) is 0 Å². The number of morpholine rings is 1. The molecular weight excluding hydrogens is 272 g/mol. The number of thiophene rings is 1. The van der Waals surface area contributed by atoms with Gasteiger partial charge in [0.05, 0.1) is 18.8 Å². The van der Waals surface area contributed by atoms with E-state index < -0.39 is 0 Å². The van der Waals surface area contributed by atoms with Crippen molar-refractivity contribution in [3.63, 3.8) is 0 Å². The van der Waals surface area contributed by atoms with Gasteiger partial charge in [-0.1, -0.05) is 30.3 Å². The fourth-order valence-electron chi connectivity index (χ4n) is 2.34. The summed E-state index contributed by atoms with van der Waals surface area (Å²) < 4.78 is 5.77. The van der Waals surface area contributed by atoms with Gasteiger partial charge in [0, 0.05) is 6.54 Å². The maximum Gasteiger partial charge on any atom is 0.266 e. The molecule has 2 N–H and O–H groups in total. The molecule has 1 aromatic carbocycles. The summed E-state index contributed by atoms with van der Waals surface area (Å²) in [6.45, 7) is 1.73. The molecule has 5 heteroatoms. The van der Waals surface area contributed by atoms with E-state index in [-0.39, 0.29) is 12.0 Å².